The van der Waals surface area contributed by atoms with Crippen molar-refractivity contribution in [3.63, 3.8) is 0 Å². The molecular formula is C8H16ClOP. The van der Waals surface area contributed by atoms with Gasteiger partial charge in [-0.25, -0.2) is 0 Å². The summed E-state index contributed by atoms with van der Waals surface area (Å²) in [5.41, 5.74) is 0. The van der Waals surface area contributed by atoms with Gasteiger partial charge >= 0.3 is 0 Å². The van der Waals surface area contributed by atoms with E-state index in [2.05, 4.69) is 20.8 Å². The molecule has 1 saturated heterocycles. The molecule has 0 N–H and O–H groups in total. The summed E-state index contributed by atoms with van der Waals surface area (Å²) in [6.07, 6.45) is 1.50. The molecule has 0 spiro atoms. The Hall–Kier alpha value is 0.520. The Morgan fingerprint density at radius 1 is 1.45 bits per heavy atom. The molecule has 0 saturated carbocycles. The fourth-order valence-electron chi connectivity index (χ4n) is 2.00. The molecule has 1 nitrogen and oxygen atoms in total. The smallest absolute Gasteiger partial charge is 0.170 e. The molecule has 1 fully saturated rings. The van der Waals surface area contributed by atoms with E-state index in [-0.39, 0.29) is 0 Å². The summed E-state index contributed by atoms with van der Waals surface area (Å²) in [5, 5.41) is 0. The minimum atomic E-state index is -2.24. The van der Waals surface area contributed by atoms with Crippen LogP contribution < -0.4 is 0 Å². The first kappa shape index (κ1) is 9.61. The second-order valence-electron chi connectivity index (χ2n) is 4.04. The zero-order valence-corrected chi connectivity index (χ0v) is 9.03. The topological polar surface area (TPSA) is 17.1 Å². The van der Waals surface area contributed by atoms with Crippen LogP contribution in [-0.2, 0) is 4.57 Å². The van der Waals surface area contributed by atoms with Crippen molar-refractivity contribution >= 4 is 17.7 Å². The van der Waals surface area contributed by atoms with Crippen molar-refractivity contribution in [2.75, 3.05) is 12.3 Å². The van der Waals surface area contributed by atoms with Crippen LogP contribution in [0.4, 0.5) is 0 Å². The van der Waals surface area contributed by atoms with Gasteiger partial charge in [-0.05, 0) is 17.8 Å². The second-order valence-corrected chi connectivity index (χ2v) is 8.20. The van der Waals surface area contributed by atoms with E-state index in [0.717, 1.165) is 12.3 Å². The highest BCUT2D eigenvalue weighted by molar-refractivity contribution is 7.89. The van der Waals surface area contributed by atoms with E-state index >= 15 is 0 Å². The first-order valence-electron chi connectivity index (χ1n) is 4.20. The largest absolute Gasteiger partial charge is 0.307 e. The van der Waals surface area contributed by atoms with Gasteiger partial charge in [-0.3, -0.25) is 0 Å². The van der Waals surface area contributed by atoms with E-state index in [9.17, 15) is 4.57 Å². The Morgan fingerprint density at radius 3 is 2.18 bits per heavy atom. The predicted molar refractivity (Wildman–Crippen MR) is 50.7 cm³/mol. The monoisotopic (exact) mass is 194 g/mol. The second kappa shape index (κ2) is 3.11. The molecule has 66 valence electrons. The van der Waals surface area contributed by atoms with E-state index in [4.69, 9.17) is 11.2 Å². The maximum atomic E-state index is 11.5. The number of rotatable bonds is 1. The minimum absolute atomic E-state index is 0.554. The Kier molecular flexibility index (Phi) is 2.71. The van der Waals surface area contributed by atoms with Gasteiger partial charge in [0.25, 0.3) is 0 Å². The number of halogens is 1. The highest BCUT2D eigenvalue weighted by Crippen LogP contribution is 2.61. The van der Waals surface area contributed by atoms with E-state index in [0.29, 0.717) is 17.8 Å². The predicted octanol–water partition coefficient (Wildman–Crippen LogP) is 3.43. The maximum absolute atomic E-state index is 11.5. The fourth-order valence-corrected chi connectivity index (χ4v) is 5.82. The SMILES string of the molecule is CC(C)[C@@H]1CP(=O)(Cl)CC1C. The normalized spacial score (nSPS) is 45.2. The molecule has 0 amide bonds. The maximum Gasteiger partial charge on any atom is 0.170 e. The summed E-state index contributed by atoms with van der Waals surface area (Å²) in [5.74, 6) is 1.76. The van der Waals surface area contributed by atoms with Gasteiger partial charge in [0.15, 0.2) is 6.49 Å². The van der Waals surface area contributed by atoms with Crippen LogP contribution in [-0.4, -0.2) is 12.3 Å². The van der Waals surface area contributed by atoms with Gasteiger partial charge in [0, 0.05) is 12.3 Å². The van der Waals surface area contributed by atoms with Crippen LogP contribution in [0.5, 0.6) is 0 Å². The van der Waals surface area contributed by atoms with Crippen LogP contribution in [0.2, 0.25) is 0 Å². The zero-order chi connectivity index (χ0) is 8.65. The number of hydrogen-bond donors (Lipinski definition) is 0. The molecule has 0 bridgehead atoms. The third-order valence-electron chi connectivity index (χ3n) is 2.63. The molecule has 1 aliphatic heterocycles. The van der Waals surface area contributed by atoms with Gasteiger partial charge in [0.1, 0.15) is 0 Å². The highest BCUT2D eigenvalue weighted by atomic mass is 35.7. The van der Waals surface area contributed by atoms with E-state index in [1.54, 1.807) is 0 Å². The summed E-state index contributed by atoms with van der Waals surface area (Å²) in [6, 6.07) is 0. The van der Waals surface area contributed by atoms with Crippen molar-refractivity contribution in [1.82, 2.24) is 0 Å². The first-order chi connectivity index (χ1) is 4.92. The molecule has 0 aromatic carbocycles. The lowest BCUT2D eigenvalue weighted by atomic mass is 9.88. The molecule has 0 aliphatic carbocycles. The molecule has 2 unspecified atom stereocenters. The quantitative estimate of drug-likeness (QED) is 0.585. The molecule has 3 heteroatoms. The molecule has 3 atom stereocenters. The van der Waals surface area contributed by atoms with Gasteiger partial charge in [-0.2, -0.15) is 0 Å². The van der Waals surface area contributed by atoms with Crippen LogP contribution in [0.1, 0.15) is 20.8 Å². The van der Waals surface area contributed by atoms with Crippen LogP contribution in [0.15, 0.2) is 0 Å². The molecule has 11 heavy (non-hydrogen) atoms. The van der Waals surface area contributed by atoms with Gasteiger partial charge in [0.05, 0.1) is 0 Å². The van der Waals surface area contributed by atoms with Crippen molar-refractivity contribution in [2.24, 2.45) is 17.8 Å². The lowest BCUT2D eigenvalue weighted by Crippen LogP contribution is -2.14. The zero-order valence-electron chi connectivity index (χ0n) is 7.38. The van der Waals surface area contributed by atoms with Gasteiger partial charge in [0.2, 0.25) is 0 Å². The van der Waals surface area contributed by atoms with Crippen molar-refractivity contribution in [3.8, 4) is 0 Å². The Morgan fingerprint density at radius 2 is 2.00 bits per heavy atom. The van der Waals surface area contributed by atoms with Crippen LogP contribution in [0.3, 0.4) is 0 Å². The molecular weight excluding hydrogens is 179 g/mol. The van der Waals surface area contributed by atoms with Crippen molar-refractivity contribution in [1.29, 1.82) is 0 Å². The Bertz CT molecular complexity index is 191. The average Bonchev–Trinajstić information content (AvgIpc) is 2.05. The first-order valence-corrected chi connectivity index (χ1v) is 7.18. The summed E-state index contributed by atoms with van der Waals surface area (Å²) in [4.78, 5) is 0. The number of hydrogen-bond acceptors (Lipinski definition) is 1. The summed E-state index contributed by atoms with van der Waals surface area (Å²) in [7, 11) is 0. The van der Waals surface area contributed by atoms with Crippen molar-refractivity contribution < 1.29 is 4.57 Å². The van der Waals surface area contributed by atoms with Gasteiger partial charge < -0.3 is 4.57 Å². The van der Waals surface area contributed by atoms with Crippen molar-refractivity contribution in [3.05, 3.63) is 0 Å². The Balaban J connectivity index is 2.67. The summed E-state index contributed by atoms with van der Waals surface area (Å²) >= 11 is 5.86. The van der Waals surface area contributed by atoms with Gasteiger partial charge in [-0.15, -0.1) is 0 Å². The van der Waals surface area contributed by atoms with Crippen molar-refractivity contribution in [2.45, 2.75) is 20.8 Å². The van der Waals surface area contributed by atoms with Crippen LogP contribution in [0.25, 0.3) is 0 Å². The summed E-state index contributed by atoms with van der Waals surface area (Å²) in [6.45, 7) is 4.29. The van der Waals surface area contributed by atoms with E-state index in [1.165, 1.54) is 0 Å². The average molecular weight is 195 g/mol. The minimum Gasteiger partial charge on any atom is -0.307 e. The lowest BCUT2D eigenvalue weighted by molar-refractivity contribution is 0.341. The standard InChI is InChI=1S/C8H16ClOP/c1-6(2)8-5-11(9,10)4-7(8)3/h6-8H,4-5H2,1-3H3/t7?,8-,11?/m0/s1. The molecule has 0 aromatic heterocycles. The third-order valence-corrected chi connectivity index (χ3v) is 5.55. The summed E-state index contributed by atoms with van der Waals surface area (Å²) < 4.78 is 11.5. The van der Waals surface area contributed by atoms with Gasteiger partial charge in [-0.1, -0.05) is 32.0 Å². The Labute approximate surface area is 73.7 Å². The fraction of sp³-hybridized carbons (Fsp3) is 1.00. The van der Waals surface area contributed by atoms with Crippen LogP contribution in [0, 0.1) is 17.8 Å². The van der Waals surface area contributed by atoms with Crippen LogP contribution >= 0.6 is 17.7 Å². The molecule has 1 aliphatic rings. The molecule has 1 heterocycles. The highest BCUT2D eigenvalue weighted by Gasteiger charge is 2.39. The van der Waals surface area contributed by atoms with E-state index < -0.39 is 6.49 Å². The molecule has 0 aromatic rings. The lowest BCUT2D eigenvalue weighted by Gasteiger charge is -2.17. The third kappa shape index (κ3) is 2.23. The molecule has 1 rings (SSSR count). The molecule has 0 radical (unpaired) electrons. The van der Waals surface area contributed by atoms with E-state index in [1.807, 2.05) is 0 Å².